The largest absolute Gasteiger partial charge is 0.478 e. The molecule has 8 heteroatoms. The molecule has 3 unspecified atom stereocenters. The van der Waals surface area contributed by atoms with Crippen molar-refractivity contribution in [3.05, 3.63) is 23.8 Å². The van der Waals surface area contributed by atoms with E-state index in [1.54, 1.807) is 6.08 Å². The summed E-state index contributed by atoms with van der Waals surface area (Å²) in [5.74, 6) is -2.64. The molecule has 3 fully saturated rings. The molecule has 4 aliphatic rings. The lowest BCUT2D eigenvalue weighted by molar-refractivity contribution is -0.184. The topological polar surface area (TPSA) is 138 Å². The van der Waals surface area contributed by atoms with Crippen molar-refractivity contribution < 1.29 is 39.2 Å². The van der Waals surface area contributed by atoms with Crippen LogP contribution < -0.4 is 0 Å². The zero-order valence-corrected chi connectivity index (χ0v) is 19.1. The number of hydrogen-bond donors (Lipinski definition) is 3. The zero-order chi connectivity index (χ0) is 24.2. The predicted octanol–water partition coefficient (Wildman–Crippen LogP) is 1.97. The maximum absolute atomic E-state index is 13.1. The lowest BCUT2D eigenvalue weighted by Gasteiger charge is -2.60. The van der Waals surface area contributed by atoms with Gasteiger partial charge in [-0.2, -0.15) is 0 Å². The molecule has 0 amide bonds. The average molecular weight is 461 g/mol. The summed E-state index contributed by atoms with van der Waals surface area (Å²) >= 11 is 0. The fourth-order valence-electron chi connectivity index (χ4n) is 7.59. The smallest absolute Gasteiger partial charge is 0.331 e. The molecule has 7 atom stereocenters. The van der Waals surface area contributed by atoms with Gasteiger partial charge in [0.1, 0.15) is 5.60 Å². The van der Waals surface area contributed by atoms with E-state index in [1.807, 2.05) is 6.92 Å². The van der Waals surface area contributed by atoms with Gasteiger partial charge in [-0.05, 0) is 67.8 Å². The van der Waals surface area contributed by atoms with Gasteiger partial charge in [0.2, 0.25) is 5.78 Å². The number of aliphatic hydroxyl groups is 2. The number of aliphatic hydroxyl groups excluding tert-OH is 1. The molecule has 0 aromatic heterocycles. The lowest BCUT2D eigenvalue weighted by Crippen LogP contribution is -2.62. The first-order valence-corrected chi connectivity index (χ1v) is 11.7. The van der Waals surface area contributed by atoms with E-state index < -0.39 is 41.4 Å². The van der Waals surface area contributed by atoms with Crippen molar-refractivity contribution in [3.63, 3.8) is 0 Å². The van der Waals surface area contributed by atoms with Crippen molar-refractivity contribution in [2.75, 3.05) is 6.61 Å². The highest BCUT2D eigenvalue weighted by molar-refractivity contribution is 5.94. The third kappa shape index (κ3) is 3.67. The van der Waals surface area contributed by atoms with Gasteiger partial charge in [-0.3, -0.25) is 9.59 Å². The minimum atomic E-state index is -1.74. The Hall–Kier alpha value is -2.32. The van der Waals surface area contributed by atoms with Gasteiger partial charge in [0.05, 0.1) is 6.10 Å². The Morgan fingerprint density at radius 1 is 1.15 bits per heavy atom. The fraction of sp³-hybridized carbons (Fsp3) is 0.680. The molecule has 0 heterocycles. The molecule has 4 rings (SSSR count). The molecule has 4 aliphatic carbocycles. The van der Waals surface area contributed by atoms with E-state index in [0.717, 1.165) is 24.5 Å². The van der Waals surface area contributed by atoms with Crippen LogP contribution in [0.1, 0.15) is 58.8 Å². The summed E-state index contributed by atoms with van der Waals surface area (Å²) in [6.45, 7) is 3.34. The van der Waals surface area contributed by atoms with Crippen LogP contribution in [0.5, 0.6) is 0 Å². The van der Waals surface area contributed by atoms with E-state index in [4.69, 9.17) is 9.84 Å². The highest BCUT2D eigenvalue weighted by atomic mass is 16.5. The molecule has 3 saturated carbocycles. The maximum Gasteiger partial charge on any atom is 0.331 e. The quantitative estimate of drug-likeness (QED) is 0.418. The highest BCUT2D eigenvalue weighted by Gasteiger charge is 2.68. The third-order valence-electron chi connectivity index (χ3n) is 9.22. The van der Waals surface area contributed by atoms with Crippen molar-refractivity contribution in [2.45, 2.75) is 70.5 Å². The first kappa shape index (κ1) is 23.8. The third-order valence-corrected chi connectivity index (χ3v) is 9.22. The number of rotatable bonds is 5. The van der Waals surface area contributed by atoms with Crippen LogP contribution in [0.2, 0.25) is 0 Å². The maximum atomic E-state index is 13.1. The summed E-state index contributed by atoms with van der Waals surface area (Å²) in [6.07, 6.45) is 6.26. The summed E-state index contributed by atoms with van der Waals surface area (Å²) in [7, 11) is 0. The van der Waals surface area contributed by atoms with E-state index in [-0.39, 0.29) is 41.8 Å². The van der Waals surface area contributed by atoms with E-state index in [1.165, 1.54) is 0 Å². The van der Waals surface area contributed by atoms with Crippen LogP contribution in [0, 0.1) is 28.6 Å². The molecule has 3 N–H and O–H groups in total. The van der Waals surface area contributed by atoms with E-state index in [9.17, 15) is 29.4 Å². The molecule has 0 aliphatic heterocycles. The van der Waals surface area contributed by atoms with E-state index in [2.05, 4.69) is 6.92 Å². The van der Waals surface area contributed by atoms with Crippen LogP contribution in [-0.4, -0.2) is 57.1 Å². The monoisotopic (exact) mass is 460 g/mol. The van der Waals surface area contributed by atoms with Gasteiger partial charge in [0.15, 0.2) is 12.4 Å². The zero-order valence-electron chi connectivity index (χ0n) is 19.1. The fourth-order valence-corrected chi connectivity index (χ4v) is 7.59. The number of Topliss-reactive ketones (excluding diaryl/α,β-unsaturated/α-hetero) is 1. The summed E-state index contributed by atoms with van der Waals surface area (Å²) in [5.41, 5.74) is -1.74. The normalized spacial score (nSPS) is 42.2. The molecule has 180 valence electrons. The number of hydrogen-bond acceptors (Lipinski definition) is 7. The lowest BCUT2D eigenvalue weighted by atomic mass is 9.45. The number of carbonyl (C=O) groups excluding carboxylic acids is 3. The van der Waals surface area contributed by atoms with Crippen LogP contribution in [0.3, 0.4) is 0 Å². The Morgan fingerprint density at radius 3 is 2.58 bits per heavy atom. The van der Waals surface area contributed by atoms with Crippen molar-refractivity contribution in [2.24, 2.45) is 28.6 Å². The predicted molar refractivity (Wildman–Crippen MR) is 116 cm³/mol. The molecular formula is C25H32O8. The molecule has 8 nitrogen and oxygen atoms in total. The second-order valence-electron chi connectivity index (χ2n) is 10.7. The van der Waals surface area contributed by atoms with Crippen LogP contribution >= 0.6 is 0 Å². The summed E-state index contributed by atoms with van der Waals surface area (Å²) in [4.78, 5) is 47.3. The number of allylic oxidation sites excluding steroid dienone is 1. The number of aliphatic carboxylic acids is 1. The molecule has 0 bridgehead atoms. The van der Waals surface area contributed by atoms with Crippen LogP contribution in [-0.2, 0) is 23.9 Å². The van der Waals surface area contributed by atoms with Crippen LogP contribution in [0.15, 0.2) is 23.8 Å². The van der Waals surface area contributed by atoms with Gasteiger partial charge >= 0.3 is 11.9 Å². The van der Waals surface area contributed by atoms with Crippen molar-refractivity contribution in [3.8, 4) is 0 Å². The number of carboxylic acids is 1. The first-order valence-electron chi connectivity index (χ1n) is 11.7. The van der Waals surface area contributed by atoms with E-state index in [0.29, 0.717) is 25.3 Å². The minimum Gasteiger partial charge on any atom is -0.478 e. The number of ether oxygens (including phenoxy) is 1. The van der Waals surface area contributed by atoms with Gasteiger partial charge in [0.25, 0.3) is 0 Å². The summed E-state index contributed by atoms with van der Waals surface area (Å²) < 4.78 is 4.89. The molecule has 33 heavy (non-hydrogen) atoms. The van der Waals surface area contributed by atoms with Crippen molar-refractivity contribution >= 4 is 23.5 Å². The van der Waals surface area contributed by atoms with E-state index >= 15 is 0 Å². The second kappa shape index (κ2) is 8.17. The van der Waals surface area contributed by atoms with Gasteiger partial charge in [-0.15, -0.1) is 0 Å². The number of fused-ring (bicyclic) bond motifs is 5. The van der Waals surface area contributed by atoms with Crippen molar-refractivity contribution in [1.82, 2.24) is 0 Å². The van der Waals surface area contributed by atoms with Gasteiger partial charge in [-0.25, -0.2) is 9.59 Å². The summed E-state index contributed by atoms with van der Waals surface area (Å²) in [5, 5.41) is 31.5. The number of carbonyl (C=O) groups is 4. The average Bonchev–Trinajstić information content (AvgIpc) is 3.02. The van der Waals surface area contributed by atoms with Crippen molar-refractivity contribution in [1.29, 1.82) is 0 Å². The Kier molecular flexibility index (Phi) is 5.90. The Balaban J connectivity index is 1.55. The van der Waals surface area contributed by atoms with Gasteiger partial charge < -0.3 is 20.1 Å². The Labute approximate surface area is 192 Å². The van der Waals surface area contributed by atoms with Gasteiger partial charge in [-0.1, -0.05) is 19.4 Å². The molecule has 0 aromatic carbocycles. The second-order valence-corrected chi connectivity index (χ2v) is 10.7. The molecule has 0 radical (unpaired) electrons. The molecular weight excluding hydrogens is 428 g/mol. The SMILES string of the molecule is C[C@]12CCC(=O)C=C1CCC1C2[C@@H](O)C[C@@]2(C)C1CC[C@]2(O)C(=O)COC(=O)/C=C/C(=O)O. The number of carboxylic acid groups (broad SMARTS) is 1. The number of esters is 1. The Bertz CT molecular complexity index is 950. The minimum absolute atomic E-state index is 0.0264. The summed E-state index contributed by atoms with van der Waals surface area (Å²) in [6, 6.07) is 0. The molecule has 0 spiro atoms. The molecule has 0 saturated heterocycles. The Morgan fingerprint density at radius 2 is 1.88 bits per heavy atom. The highest BCUT2D eigenvalue weighted by Crippen LogP contribution is 2.67. The molecule has 0 aromatic rings. The number of ketones is 2. The first-order chi connectivity index (χ1) is 15.4. The van der Waals surface area contributed by atoms with Crippen LogP contribution in [0.25, 0.3) is 0 Å². The standard InChI is InChI=1S/C25H32O8/c1-23-9-7-15(26)11-14(23)3-4-16-17-8-10-25(32,24(17,2)12-18(27)22(16)23)19(28)13-33-21(31)6-5-20(29)30/h5-6,11,16-18,22,27,32H,3-4,7-10,12-13H2,1-2H3,(H,29,30)/b6-5+/t16?,17?,18-,22?,23-,24-,25-/m0/s1. The van der Waals surface area contributed by atoms with Gasteiger partial charge in [0, 0.05) is 24.0 Å². The van der Waals surface area contributed by atoms with Crippen LogP contribution in [0.4, 0.5) is 0 Å².